The van der Waals surface area contributed by atoms with Crippen molar-refractivity contribution in [3.8, 4) is 0 Å². The maximum atomic E-state index is 5.33. The Morgan fingerprint density at radius 2 is 2.10 bits per heavy atom. The minimum absolute atomic E-state index is 0.0650. The minimum atomic E-state index is 0.0650. The third-order valence-corrected chi connectivity index (χ3v) is 4.95. The summed E-state index contributed by atoms with van der Waals surface area (Å²) in [5, 5.41) is 7.05. The first-order valence-electron chi connectivity index (χ1n) is 6.33. The summed E-state index contributed by atoms with van der Waals surface area (Å²) < 4.78 is 6.44. The molecule has 1 atom stereocenters. The Kier molecular flexibility index (Phi) is 3.71. The van der Waals surface area contributed by atoms with Gasteiger partial charge >= 0.3 is 0 Å². The summed E-state index contributed by atoms with van der Waals surface area (Å²) in [5.74, 6) is 1.66. The molecule has 0 N–H and O–H groups in total. The van der Waals surface area contributed by atoms with Crippen LogP contribution in [0.4, 0.5) is 0 Å². The van der Waals surface area contributed by atoms with E-state index in [4.69, 9.17) is 4.52 Å². The second-order valence-corrected chi connectivity index (χ2v) is 6.97. The smallest absolute Gasteiger partial charge is 0.239 e. The molecule has 0 saturated carbocycles. The van der Waals surface area contributed by atoms with Gasteiger partial charge in [-0.25, -0.2) is 9.97 Å². The second kappa shape index (κ2) is 5.49. The average Bonchev–Trinajstić information content (AvgIpc) is 3.08. The largest absolute Gasteiger partial charge is 0.338 e. The van der Waals surface area contributed by atoms with E-state index in [2.05, 4.69) is 20.1 Å². The normalized spacial score (nSPS) is 13.2. The number of hydrogen-bond acceptors (Lipinski definition) is 7. The van der Waals surface area contributed by atoms with Crippen LogP contribution in [0.15, 0.2) is 27.3 Å². The molecule has 3 aromatic heterocycles. The van der Waals surface area contributed by atoms with E-state index < -0.39 is 0 Å². The summed E-state index contributed by atoms with van der Waals surface area (Å²) in [6.07, 6.45) is 1.59. The Bertz CT molecular complexity index is 722. The van der Waals surface area contributed by atoms with Gasteiger partial charge in [-0.05, 0) is 18.4 Å². The van der Waals surface area contributed by atoms with Gasteiger partial charge in [0.1, 0.15) is 11.4 Å². The van der Waals surface area contributed by atoms with Crippen LogP contribution < -0.4 is 0 Å². The molecule has 0 aliphatic heterocycles. The number of nitrogens with zero attached hydrogens (tertiary/aromatic N) is 4. The maximum absolute atomic E-state index is 5.33. The van der Waals surface area contributed by atoms with Crippen LogP contribution in [-0.2, 0) is 0 Å². The Morgan fingerprint density at radius 1 is 1.25 bits per heavy atom. The molecule has 7 heteroatoms. The molecule has 0 radical (unpaired) electrons. The van der Waals surface area contributed by atoms with Gasteiger partial charge in [-0.15, -0.1) is 11.3 Å². The summed E-state index contributed by atoms with van der Waals surface area (Å²) in [4.78, 5) is 13.0. The molecule has 0 fully saturated rings. The lowest BCUT2D eigenvalue weighted by Gasteiger charge is -2.05. The molecule has 0 aromatic carbocycles. The molecular weight excluding hydrogens is 292 g/mol. The van der Waals surface area contributed by atoms with Crippen LogP contribution in [0.2, 0.25) is 0 Å². The third kappa shape index (κ3) is 2.55. The number of rotatable bonds is 4. The highest BCUT2D eigenvalue weighted by Crippen LogP contribution is 2.37. The summed E-state index contributed by atoms with van der Waals surface area (Å²) >= 11 is 3.27. The molecule has 0 saturated heterocycles. The molecule has 20 heavy (non-hydrogen) atoms. The Balaban J connectivity index is 1.84. The Labute approximate surface area is 124 Å². The average molecular weight is 306 g/mol. The van der Waals surface area contributed by atoms with Crippen molar-refractivity contribution in [2.24, 2.45) is 0 Å². The van der Waals surface area contributed by atoms with Gasteiger partial charge in [-0.3, -0.25) is 0 Å². The fraction of sp³-hybridized carbons (Fsp3) is 0.385. The van der Waals surface area contributed by atoms with Gasteiger partial charge in [-0.2, -0.15) is 4.98 Å². The van der Waals surface area contributed by atoms with E-state index in [-0.39, 0.29) is 11.2 Å². The highest BCUT2D eigenvalue weighted by Gasteiger charge is 2.19. The predicted octanol–water partition coefficient (Wildman–Crippen LogP) is 4.05. The molecule has 3 aromatic rings. The molecule has 3 heterocycles. The molecule has 0 aliphatic rings. The van der Waals surface area contributed by atoms with Crippen LogP contribution in [0.1, 0.15) is 43.7 Å². The Hall–Kier alpha value is -1.47. The number of hydrogen-bond donors (Lipinski definition) is 0. The van der Waals surface area contributed by atoms with E-state index in [1.165, 1.54) is 0 Å². The maximum Gasteiger partial charge on any atom is 0.239 e. The summed E-state index contributed by atoms with van der Waals surface area (Å²) in [7, 11) is 0. The predicted molar refractivity (Wildman–Crippen MR) is 80.1 cm³/mol. The topological polar surface area (TPSA) is 64.7 Å². The monoisotopic (exact) mass is 306 g/mol. The molecule has 0 spiro atoms. The Morgan fingerprint density at radius 3 is 2.85 bits per heavy atom. The molecule has 0 bridgehead atoms. The zero-order valence-electron chi connectivity index (χ0n) is 11.4. The van der Waals surface area contributed by atoms with Gasteiger partial charge in [0.25, 0.3) is 0 Å². The molecule has 5 nitrogen and oxygen atoms in total. The van der Waals surface area contributed by atoms with Gasteiger partial charge < -0.3 is 4.52 Å². The van der Waals surface area contributed by atoms with Crippen molar-refractivity contribution in [1.29, 1.82) is 0 Å². The first-order valence-corrected chi connectivity index (χ1v) is 8.09. The lowest BCUT2D eigenvalue weighted by molar-refractivity contribution is 0.373. The van der Waals surface area contributed by atoms with E-state index >= 15 is 0 Å². The SMILES string of the molecule is CC(C)c1noc(C(C)Sc2ncnc3ccsc23)n1. The summed E-state index contributed by atoms with van der Waals surface area (Å²) in [6, 6.07) is 2.00. The lowest BCUT2D eigenvalue weighted by atomic mass is 10.2. The van der Waals surface area contributed by atoms with E-state index in [1.807, 2.05) is 32.2 Å². The van der Waals surface area contributed by atoms with Crippen molar-refractivity contribution in [2.75, 3.05) is 0 Å². The van der Waals surface area contributed by atoms with Crippen molar-refractivity contribution in [1.82, 2.24) is 20.1 Å². The molecule has 1 unspecified atom stereocenters. The minimum Gasteiger partial charge on any atom is -0.338 e. The van der Waals surface area contributed by atoms with Crippen molar-refractivity contribution >= 4 is 33.3 Å². The number of thiophene rings is 1. The third-order valence-electron chi connectivity index (χ3n) is 2.82. The standard InChI is InChI=1S/C13H14N4OS2/c1-7(2)11-16-12(18-17-11)8(3)20-13-10-9(4-5-19-10)14-6-15-13/h4-8H,1-3H3. The number of aromatic nitrogens is 4. The van der Waals surface area contributed by atoms with Crippen molar-refractivity contribution in [2.45, 2.75) is 37.0 Å². The first kappa shape index (κ1) is 13.5. The molecule has 104 valence electrons. The zero-order chi connectivity index (χ0) is 14.1. The first-order chi connectivity index (χ1) is 9.65. The van der Waals surface area contributed by atoms with Gasteiger partial charge in [0.05, 0.1) is 15.5 Å². The van der Waals surface area contributed by atoms with Gasteiger partial charge in [0.15, 0.2) is 5.82 Å². The fourth-order valence-electron chi connectivity index (χ4n) is 1.72. The second-order valence-electron chi connectivity index (χ2n) is 4.72. The zero-order valence-corrected chi connectivity index (χ0v) is 13.0. The van der Waals surface area contributed by atoms with Crippen LogP contribution in [0.5, 0.6) is 0 Å². The molecule has 0 aliphatic carbocycles. The molecule has 3 rings (SSSR count). The quantitative estimate of drug-likeness (QED) is 0.535. The molecule has 0 amide bonds. The van der Waals surface area contributed by atoms with Crippen LogP contribution >= 0.6 is 23.1 Å². The van der Waals surface area contributed by atoms with E-state index in [0.29, 0.717) is 5.89 Å². The molecular formula is C13H14N4OS2. The van der Waals surface area contributed by atoms with E-state index in [1.54, 1.807) is 29.4 Å². The number of thioether (sulfide) groups is 1. The van der Waals surface area contributed by atoms with E-state index in [0.717, 1.165) is 21.1 Å². The van der Waals surface area contributed by atoms with Crippen molar-refractivity contribution in [3.63, 3.8) is 0 Å². The van der Waals surface area contributed by atoms with Crippen LogP contribution in [0, 0.1) is 0 Å². The fourth-order valence-corrected chi connectivity index (χ4v) is 3.58. The number of fused-ring (bicyclic) bond motifs is 1. The highest BCUT2D eigenvalue weighted by atomic mass is 32.2. The van der Waals surface area contributed by atoms with Crippen molar-refractivity contribution in [3.05, 3.63) is 29.5 Å². The van der Waals surface area contributed by atoms with Crippen LogP contribution in [0.3, 0.4) is 0 Å². The summed E-state index contributed by atoms with van der Waals surface area (Å²) in [5.41, 5.74) is 0.980. The van der Waals surface area contributed by atoms with E-state index in [9.17, 15) is 0 Å². The highest BCUT2D eigenvalue weighted by molar-refractivity contribution is 7.99. The van der Waals surface area contributed by atoms with Crippen LogP contribution in [-0.4, -0.2) is 20.1 Å². The van der Waals surface area contributed by atoms with Crippen LogP contribution in [0.25, 0.3) is 10.2 Å². The van der Waals surface area contributed by atoms with Gasteiger partial charge in [-0.1, -0.05) is 30.8 Å². The van der Waals surface area contributed by atoms with Gasteiger partial charge in [0, 0.05) is 5.92 Å². The van der Waals surface area contributed by atoms with Gasteiger partial charge in [0.2, 0.25) is 5.89 Å². The lowest BCUT2D eigenvalue weighted by Crippen LogP contribution is -1.93. The summed E-state index contributed by atoms with van der Waals surface area (Å²) in [6.45, 7) is 6.14. The van der Waals surface area contributed by atoms with Crippen molar-refractivity contribution < 1.29 is 4.52 Å².